The number of nitrogens with zero attached hydrogens (tertiary/aromatic N) is 1. The van der Waals surface area contributed by atoms with Crippen LogP contribution >= 0.6 is 11.8 Å². The number of hydrogen-bond donors (Lipinski definition) is 2. The van der Waals surface area contributed by atoms with E-state index >= 15 is 0 Å². The van der Waals surface area contributed by atoms with Gasteiger partial charge in [-0.2, -0.15) is 0 Å². The van der Waals surface area contributed by atoms with E-state index in [1.807, 2.05) is 36.5 Å². The second-order valence-corrected chi connectivity index (χ2v) is 8.69. The Morgan fingerprint density at radius 1 is 1.23 bits per heavy atom. The molecule has 7 nitrogen and oxygen atoms in total. The van der Waals surface area contributed by atoms with Crippen molar-refractivity contribution in [3.63, 3.8) is 0 Å². The summed E-state index contributed by atoms with van der Waals surface area (Å²) >= 11 is 1.60. The molecule has 2 amide bonds. The fourth-order valence-electron chi connectivity index (χ4n) is 4.47. The highest BCUT2D eigenvalue weighted by Crippen LogP contribution is 2.52. The molecule has 2 atom stereocenters. The maximum Gasteiger partial charge on any atom is 0.260 e. The van der Waals surface area contributed by atoms with Gasteiger partial charge in [0, 0.05) is 35.0 Å². The Hall–Kier alpha value is -3.13. The van der Waals surface area contributed by atoms with E-state index in [0.717, 1.165) is 23.1 Å². The predicted molar refractivity (Wildman–Crippen MR) is 120 cm³/mol. The lowest BCUT2D eigenvalue weighted by Gasteiger charge is -2.22. The number of methoxy groups -OCH3 is 2. The fourth-order valence-corrected chi connectivity index (χ4v) is 5.93. The number of rotatable bonds is 6. The van der Waals surface area contributed by atoms with Gasteiger partial charge in [0.1, 0.15) is 11.4 Å². The normalized spacial score (nSPS) is 19.4. The molecule has 0 saturated carbocycles. The van der Waals surface area contributed by atoms with Crippen molar-refractivity contribution in [3.05, 3.63) is 59.3 Å². The maximum atomic E-state index is 13.2. The predicted octanol–water partition coefficient (Wildman–Crippen LogP) is 3.11. The monoisotopic (exact) mass is 437 g/mol. The smallest absolute Gasteiger partial charge is 0.260 e. The second kappa shape index (κ2) is 7.85. The molecular formula is C23H23N3O4S. The van der Waals surface area contributed by atoms with E-state index in [1.54, 1.807) is 23.8 Å². The topological polar surface area (TPSA) is 83.7 Å². The molecule has 3 heterocycles. The van der Waals surface area contributed by atoms with Gasteiger partial charge in [0.05, 0.1) is 19.8 Å². The van der Waals surface area contributed by atoms with Crippen LogP contribution in [0.3, 0.4) is 0 Å². The molecule has 0 spiro atoms. The van der Waals surface area contributed by atoms with Crippen LogP contribution in [-0.2, 0) is 11.2 Å². The zero-order chi connectivity index (χ0) is 21.5. The third-order valence-electron chi connectivity index (χ3n) is 5.96. The van der Waals surface area contributed by atoms with Gasteiger partial charge in [-0.05, 0) is 24.1 Å². The highest BCUT2D eigenvalue weighted by atomic mass is 32.2. The molecule has 2 aromatic carbocycles. The average molecular weight is 438 g/mol. The van der Waals surface area contributed by atoms with Crippen LogP contribution in [0.25, 0.3) is 10.9 Å². The van der Waals surface area contributed by atoms with Gasteiger partial charge >= 0.3 is 0 Å². The lowest BCUT2D eigenvalue weighted by molar-refractivity contribution is -0.124. The number of fused-ring (bicyclic) bond motifs is 4. The molecule has 2 aliphatic rings. The van der Waals surface area contributed by atoms with E-state index in [-0.39, 0.29) is 17.2 Å². The van der Waals surface area contributed by atoms with E-state index < -0.39 is 6.04 Å². The number of aromatic nitrogens is 1. The Morgan fingerprint density at radius 3 is 2.87 bits per heavy atom. The summed E-state index contributed by atoms with van der Waals surface area (Å²) < 4.78 is 10.8. The summed E-state index contributed by atoms with van der Waals surface area (Å²) in [6.45, 7) is 0.513. The number of ether oxygens (including phenoxy) is 2. The molecule has 8 heteroatoms. The zero-order valence-corrected chi connectivity index (χ0v) is 18.1. The number of nitrogens with one attached hydrogen (secondary N) is 2. The van der Waals surface area contributed by atoms with E-state index in [1.165, 1.54) is 12.5 Å². The Kier molecular flexibility index (Phi) is 5.02. The van der Waals surface area contributed by atoms with E-state index in [2.05, 4.69) is 16.4 Å². The lowest BCUT2D eigenvalue weighted by Crippen LogP contribution is -2.46. The summed E-state index contributed by atoms with van der Waals surface area (Å²) in [5.41, 5.74) is 3.62. The summed E-state index contributed by atoms with van der Waals surface area (Å²) in [5.74, 6) is 1.21. The minimum absolute atomic E-state index is 0.123. The van der Waals surface area contributed by atoms with Gasteiger partial charge < -0.3 is 24.7 Å². The van der Waals surface area contributed by atoms with Crippen molar-refractivity contribution in [1.29, 1.82) is 0 Å². The Labute approximate surface area is 184 Å². The Morgan fingerprint density at radius 2 is 2.06 bits per heavy atom. The first kappa shape index (κ1) is 19.8. The number of carbonyl (C=O) groups excluding carboxylic acids is 2. The molecule has 1 saturated heterocycles. The van der Waals surface area contributed by atoms with Gasteiger partial charge in [-0.3, -0.25) is 9.59 Å². The second-order valence-electron chi connectivity index (χ2n) is 7.58. The van der Waals surface area contributed by atoms with Crippen LogP contribution in [0.5, 0.6) is 11.5 Å². The fraction of sp³-hybridized carbons (Fsp3) is 0.304. The molecule has 160 valence electrons. The highest BCUT2D eigenvalue weighted by Gasteiger charge is 2.50. The summed E-state index contributed by atoms with van der Waals surface area (Å²) in [5, 5.41) is 4.01. The molecule has 1 fully saturated rings. The summed E-state index contributed by atoms with van der Waals surface area (Å²) in [4.78, 5) is 31.1. The highest BCUT2D eigenvalue weighted by molar-refractivity contribution is 7.99. The van der Waals surface area contributed by atoms with Crippen LogP contribution in [-0.4, -0.2) is 54.3 Å². The van der Waals surface area contributed by atoms with Gasteiger partial charge in [0.15, 0.2) is 11.5 Å². The summed E-state index contributed by atoms with van der Waals surface area (Å²) in [6.07, 6.45) is 2.71. The quantitative estimate of drug-likeness (QED) is 0.619. The number of para-hydroxylation sites is 1. The molecule has 0 radical (unpaired) electrons. The van der Waals surface area contributed by atoms with Crippen molar-refractivity contribution in [2.24, 2.45) is 0 Å². The number of carbonyl (C=O) groups is 2. The van der Waals surface area contributed by atoms with Gasteiger partial charge in [-0.1, -0.05) is 24.3 Å². The molecular weight excluding hydrogens is 414 g/mol. The van der Waals surface area contributed by atoms with Crippen molar-refractivity contribution < 1.29 is 19.1 Å². The van der Waals surface area contributed by atoms with Gasteiger partial charge in [0.2, 0.25) is 5.91 Å². The molecule has 31 heavy (non-hydrogen) atoms. The van der Waals surface area contributed by atoms with Gasteiger partial charge in [-0.15, -0.1) is 11.8 Å². The Bertz CT molecular complexity index is 1170. The number of hydrogen-bond acceptors (Lipinski definition) is 5. The van der Waals surface area contributed by atoms with Crippen LogP contribution in [0.4, 0.5) is 0 Å². The summed E-state index contributed by atoms with van der Waals surface area (Å²) in [6, 6.07) is 11.3. The number of H-pyrrole nitrogens is 1. The third-order valence-corrected chi connectivity index (χ3v) is 7.27. The molecule has 0 unspecified atom stereocenters. The van der Waals surface area contributed by atoms with Crippen LogP contribution in [0.15, 0.2) is 42.6 Å². The number of benzene rings is 2. The van der Waals surface area contributed by atoms with E-state index in [9.17, 15) is 9.59 Å². The van der Waals surface area contributed by atoms with Crippen LogP contribution in [0.2, 0.25) is 0 Å². The minimum Gasteiger partial charge on any atom is -0.493 e. The van der Waals surface area contributed by atoms with Crippen molar-refractivity contribution in [3.8, 4) is 11.5 Å². The first-order chi connectivity index (χ1) is 15.1. The van der Waals surface area contributed by atoms with Crippen molar-refractivity contribution in [2.45, 2.75) is 17.8 Å². The van der Waals surface area contributed by atoms with Gasteiger partial charge in [0.25, 0.3) is 5.91 Å². The molecule has 1 aromatic heterocycles. The van der Waals surface area contributed by atoms with E-state index in [4.69, 9.17) is 9.47 Å². The minimum atomic E-state index is -0.506. The van der Waals surface area contributed by atoms with Crippen LogP contribution in [0.1, 0.15) is 26.9 Å². The van der Waals surface area contributed by atoms with Crippen molar-refractivity contribution in [2.75, 3.05) is 26.5 Å². The molecule has 2 N–H and O–H groups in total. The van der Waals surface area contributed by atoms with Crippen molar-refractivity contribution in [1.82, 2.24) is 15.2 Å². The molecule has 3 aromatic rings. The zero-order valence-electron chi connectivity index (χ0n) is 17.3. The van der Waals surface area contributed by atoms with E-state index in [0.29, 0.717) is 29.4 Å². The first-order valence-electron chi connectivity index (χ1n) is 10.2. The lowest BCUT2D eigenvalue weighted by atomic mass is 10.1. The standard InChI is InChI=1S/C23H23N3O4S/c1-29-18-8-7-15-19(20(18)30-2)22(28)26-17(12-31-23(15)26)21(27)24-10-9-13-11-25-16-6-4-3-5-14(13)16/h3-8,11,17,23,25H,9-10,12H2,1-2H3,(H,24,27)/t17-,23-/m0/s1. The molecule has 2 aliphatic heterocycles. The molecule has 5 rings (SSSR count). The summed E-state index contributed by atoms with van der Waals surface area (Å²) in [7, 11) is 3.07. The number of thioether (sulfide) groups is 1. The Balaban J connectivity index is 1.30. The largest absolute Gasteiger partial charge is 0.493 e. The molecule has 0 bridgehead atoms. The molecule has 0 aliphatic carbocycles. The first-order valence-corrected chi connectivity index (χ1v) is 11.2. The van der Waals surface area contributed by atoms with Crippen molar-refractivity contribution >= 4 is 34.5 Å². The van der Waals surface area contributed by atoms with Crippen LogP contribution < -0.4 is 14.8 Å². The van der Waals surface area contributed by atoms with Crippen LogP contribution in [0, 0.1) is 0 Å². The number of amides is 2. The number of aromatic amines is 1. The maximum absolute atomic E-state index is 13.2. The van der Waals surface area contributed by atoms with Gasteiger partial charge in [-0.25, -0.2) is 0 Å². The average Bonchev–Trinajstić information content (AvgIpc) is 3.48. The SMILES string of the molecule is COc1ccc2c(c1OC)C(=O)N1[C@H](C(=O)NCCc3c[nH]c4ccccc34)CS[C@@H]21. The third kappa shape index (κ3) is 3.13.